The summed E-state index contributed by atoms with van der Waals surface area (Å²) < 4.78 is 26.8. The third-order valence-corrected chi connectivity index (χ3v) is 5.56. The lowest BCUT2D eigenvalue weighted by Crippen LogP contribution is -2.34. The molecule has 0 bridgehead atoms. The number of hydrogen-bond donors (Lipinski definition) is 0. The van der Waals surface area contributed by atoms with Crippen molar-refractivity contribution in [1.82, 2.24) is 4.31 Å². The Bertz CT molecular complexity index is 497. The molecule has 3 nitrogen and oxygen atoms in total. The molecule has 0 amide bonds. The fraction of sp³-hybridized carbons (Fsp3) is 0.500. The summed E-state index contributed by atoms with van der Waals surface area (Å²) in [6, 6.07) is 6.85. The zero-order valence-corrected chi connectivity index (χ0v) is 12.2. The number of rotatable bonds is 4. The number of nitrogens with zero attached hydrogens (tertiary/aromatic N) is 1. The van der Waals surface area contributed by atoms with Gasteiger partial charge in [-0.05, 0) is 37.0 Å². The molecule has 0 spiro atoms. The Morgan fingerprint density at radius 2 is 2.12 bits per heavy atom. The zero-order valence-electron chi connectivity index (χ0n) is 9.77. The van der Waals surface area contributed by atoms with Crippen molar-refractivity contribution < 1.29 is 8.42 Å². The second-order valence-electron chi connectivity index (χ2n) is 4.54. The molecular formula is C12H16BrNO2S. The van der Waals surface area contributed by atoms with Crippen molar-refractivity contribution in [1.29, 1.82) is 0 Å². The van der Waals surface area contributed by atoms with E-state index in [1.54, 1.807) is 25.2 Å². The fourth-order valence-corrected chi connectivity index (χ4v) is 3.79. The molecule has 17 heavy (non-hydrogen) atoms. The summed E-state index contributed by atoms with van der Waals surface area (Å²) in [5, 5.41) is 0. The van der Waals surface area contributed by atoms with Gasteiger partial charge in [-0.15, -0.1) is 0 Å². The van der Waals surface area contributed by atoms with E-state index in [9.17, 15) is 8.42 Å². The van der Waals surface area contributed by atoms with Crippen molar-refractivity contribution in [2.45, 2.75) is 24.2 Å². The van der Waals surface area contributed by atoms with Crippen LogP contribution in [-0.4, -0.2) is 26.3 Å². The van der Waals surface area contributed by atoms with Gasteiger partial charge in [-0.25, -0.2) is 12.7 Å². The van der Waals surface area contributed by atoms with Gasteiger partial charge in [-0.1, -0.05) is 28.4 Å². The quantitative estimate of drug-likeness (QED) is 0.856. The first-order valence-electron chi connectivity index (χ1n) is 5.72. The number of benzene rings is 1. The zero-order chi connectivity index (χ0) is 12.5. The average Bonchev–Trinajstić information content (AvgIpc) is 2.23. The molecule has 5 heteroatoms. The molecule has 0 aromatic heterocycles. The maximum absolute atomic E-state index is 12.3. The summed E-state index contributed by atoms with van der Waals surface area (Å²) in [7, 11) is -1.67. The van der Waals surface area contributed by atoms with E-state index in [2.05, 4.69) is 15.9 Å². The Balaban J connectivity index is 2.16. The maximum atomic E-state index is 12.3. The van der Waals surface area contributed by atoms with Crippen LogP contribution in [0.5, 0.6) is 0 Å². The second-order valence-corrected chi connectivity index (χ2v) is 7.50. The SMILES string of the molecule is CN(CC1CCC1)S(=O)(=O)c1cccc(Br)c1. The highest BCUT2D eigenvalue weighted by molar-refractivity contribution is 9.10. The standard InChI is InChI=1S/C12H16BrNO2S/c1-14(9-10-4-2-5-10)17(15,16)12-7-3-6-11(13)8-12/h3,6-8,10H,2,4-5,9H2,1H3. The third kappa shape index (κ3) is 2.89. The van der Waals surface area contributed by atoms with Crippen LogP contribution in [0.3, 0.4) is 0 Å². The molecule has 1 saturated carbocycles. The van der Waals surface area contributed by atoms with Gasteiger partial charge in [-0.3, -0.25) is 0 Å². The highest BCUT2D eigenvalue weighted by atomic mass is 79.9. The van der Waals surface area contributed by atoms with E-state index in [0.29, 0.717) is 17.4 Å². The van der Waals surface area contributed by atoms with Crippen LogP contribution in [-0.2, 0) is 10.0 Å². The van der Waals surface area contributed by atoms with Crippen molar-refractivity contribution in [3.63, 3.8) is 0 Å². The van der Waals surface area contributed by atoms with Crippen LogP contribution in [0.1, 0.15) is 19.3 Å². The van der Waals surface area contributed by atoms with E-state index >= 15 is 0 Å². The second kappa shape index (κ2) is 5.08. The summed E-state index contributed by atoms with van der Waals surface area (Å²) in [5.74, 6) is 0.543. The van der Waals surface area contributed by atoms with Crippen molar-refractivity contribution >= 4 is 26.0 Å². The largest absolute Gasteiger partial charge is 0.242 e. The Kier molecular flexibility index (Phi) is 3.90. The van der Waals surface area contributed by atoms with Crippen molar-refractivity contribution in [2.24, 2.45) is 5.92 Å². The van der Waals surface area contributed by atoms with Crippen LogP contribution in [0, 0.1) is 5.92 Å². The van der Waals surface area contributed by atoms with Gasteiger partial charge in [-0.2, -0.15) is 0 Å². The Morgan fingerprint density at radius 1 is 1.41 bits per heavy atom. The molecule has 1 aliphatic carbocycles. The molecule has 0 N–H and O–H groups in total. The molecule has 1 aliphatic rings. The minimum atomic E-state index is -3.33. The summed E-state index contributed by atoms with van der Waals surface area (Å²) in [4.78, 5) is 0.355. The van der Waals surface area contributed by atoms with Crippen molar-refractivity contribution in [2.75, 3.05) is 13.6 Å². The normalized spacial score (nSPS) is 17.1. The fourth-order valence-electron chi connectivity index (χ4n) is 1.94. The minimum Gasteiger partial charge on any atom is -0.207 e. The maximum Gasteiger partial charge on any atom is 0.242 e. The number of halogens is 1. The number of hydrogen-bond acceptors (Lipinski definition) is 2. The lowest BCUT2D eigenvalue weighted by Gasteiger charge is -2.29. The number of sulfonamides is 1. The van der Waals surface area contributed by atoms with E-state index in [1.165, 1.54) is 10.7 Å². The first-order valence-corrected chi connectivity index (χ1v) is 7.95. The van der Waals surface area contributed by atoms with E-state index in [1.807, 2.05) is 6.07 Å². The van der Waals surface area contributed by atoms with Crippen LogP contribution in [0.4, 0.5) is 0 Å². The van der Waals surface area contributed by atoms with Gasteiger partial charge < -0.3 is 0 Å². The van der Waals surface area contributed by atoms with Crippen LogP contribution in [0.2, 0.25) is 0 Å². The van der Waals surface area contributed by atoms with Gasteiger partial charge in [0.25, 0.3) is 0 Å². The molecule has 1 aromatic rings. The molecule has 2 rings (SSSR count). The molecule has 94 valence electrons. The molecule has 0 aliphatic heterocycles. The van der Waals surface area contributed by atoms with Gasteiger partial charge in [0.05, 0.1) is 4.90 Å². The van der Waals surface area contributed by atoms with E-state index in [4.69, 9.17) is 0 Å². The summed E-state index contributed by atoms with van der Waals surface area (Å²) in [6.07, 6.45) is 3.53. The summed E-state index contributed by atoms with van der Waals surface area (Å²) in [6.45, 7) is 0.634. The molecule has 0 radical (unpaired) electrons. The van der Waals surface area contributed by atoms with E-state index in [-0.39, 0.29) is 0 Å². The molecule has 0 unspecified atom stereocenters. The van der Waals surface area contributed by atoms with Gasteiger partial charge in [0.1, 0.15) is 0 Å². The molecule has 0 atom stereocenters. The predicted molar refractivity (Wildman–Crippen MR) is 71.3 cm³/mol. The Labute approximate surface area is 111 Å². The predicted octanol–water partition coefficient (Wildman–Crippen LogP) is 2.87. The van der Waals surface area contributed by atoms with E-state index < -0.39 is 10.0 Å². The molecule has 0 heterocycles. The smallest absolute Gasteiger partial charge is 0.207 e. The monoisotopic (exact) mass is 317 g/mol. The molecule has 1 aromatic carbocycles. The van der Waals surface area contributed by atoms with Gasteiger partial charge in [0.2, 0.25) is 10.0 Å². The average molecular weight is 318 g/mol. The first kappa shape index (κ1) is 13.1. The minimum absolute atomic E-state index is 0.355. The highest BCUT2D eigenvalue weighted by Crippen LogP contribution is 2.28. The van der Waals surface area contributed by atoms with Crippen LogP contribution in [0.15, 0.2) is 33.6 Å². The van der Waals surface area contributed by atoms with Crippen LogP contribution < -0.4 is 0 Å². The van der Waals surface area contributed by atoms with Crippen molar-refractivity contribution in [3.8, 4) is 0 Å². The Hall–Kier alpha value is -0.390. The Morgan fingerprint density at radius 3 is 2.65 bits per heavy atom. The molecular weight excluding hydrogens is 302 g/mol. The third-order valence-electron chi connectivity index (χ3n) is 3.24. The van der Waals surface area contributed by atoms with Crippen LogP contribution in [0.25, 0.3) is 0 Å². The van der Waals surface area contributed by atoms with E-state index in [0.717, 1.165) is 17.3 Å². The topological polar surface area (TPSA) is 37.4 Å². The van der Waals surface area contributed by atoms with Gasteiger partial charge in [0, 0.05) is 18.1 Å². The van der Waals surface area contributed by atoms with Gasteiger partial charge >= 0.3 is 0 Å². The van der Waals surface area contributed by atoms with Crippen molar-refractivity contribution in [3.05, 3.63) is 28.7 Å². The summed E-state index contributed by atoms with van der Waals surface area (Å²) in [5.41, 5.74) is 0. The molecule has 0 saturated heterocycles. The van der Waals surface area contributed by atoms with Gasteiger partial charge in [0.15, 0.2) is 0 Å². The van der Waals surface area contributed by atoms with Crippen LogP contribution >= 0.6 is 15.9 Å². The lowest BCUT2D eigenvalue weighted by atomic mass is 9.86. The first-order chi connectivity index (χ1) is 8.00. The summed E-state index contributed by atoms with van der Waals surface area (Å²) >= 11 is 3.30. The highest BCUT2D eigenvalue weighted by Gasteiger charge is 2.26. The lowest BCUT2D eigenvalue weighted by molar-refractivity contribution is 0.263. The molecule has 1 fully saturated rings.